The van der Waals surface area contributed by atoms with Crippen molar-refractivity contribution in [3.05, 3.63) is 0 Å². The van der Waals surface area contributed by atoms with Gasteiger partial charge in [0.25, 0.3) is 0 Å². The molecule has 4 nitrogen and oxygen atoms in total. The SMILES string of the molecule is CCCCCCCCN(C=O)CCCCCC.CCNCCCCCCOC. The van der Waals surface area contributed by atoms with Gasteiger partial charge in [-0.3, -0.25) is 4.79 Å². The van der Waals surface area contributed by atoms with Gasteiger partial charge in [-0.25, -0.2) is 0 Å². The van der Waals surface area contributed by atoms with E-state index >= 15 is 0 Å². The van der Waals surface area contributed by atoms with Gasteiger partial charge in [-0.05, 0) is 38.8 Å². The van der Waals surface area contributed by atoms with Crippen LogP contribution in [0.4, 0.5) is 0 Å². The number of methoxy groups -OCH3 is 1. The number of amides is 1. The Balaban J connectivity index is 0. The van der Waals surface area contributed by atoms with Gasteiger partial charge in [0, 0.05) is 26.8 Å². The standard InChI is InChI=1S/C15H31NO.C9H21NO/c1-3-5-7-9-10-12-14-16(15-17)13-11-8-6-4-2;1-3-10-8-6-4-5-7-9-11-2/h15H,3-14H2,1-2H3;10H,3-9H2,1-2H3. The summed E-state index contributed by atoms with van der Waals surface area (Å²) in [5, 5.41) is 3.31. The average Bonchev–Trinajstić information content (AvgIpc) is 2.72. The van der Waals surface area contributed by atoms with Crippen LogP contribution in [0, 0.1) is 0 Å². The lowest BCUT2D eigenvalue weighted by Gasteiger charge is -2.16. The summed E-state index contributed by atoms with van der Waals surface area (Å²) in [6, 6.07) is 0. The lowest BCUT2D eigenvalue weighted by Crippen LogP contribution is -2.24. The third-order valence-corrected chi connectivity index (χ3v) is 4.95. The lowest BCUT2D eigenvalue weighted by molar-refractivity contribution is -0.118. The van der Waals surface area contributed by atoms with Gasteiger partial charge in [0.15, 0.2) is 0 Å². The molecule has 28 heavy (non-hydrogen) atoms. The van der Waals surface area contributed by atoms with E-state index in [0.717, 1.165) is 32.7 Å². The molecule has 0 aliphatic carbocycles. The van der Waals surface area contributed by atoms with Crippen molar-refractivity contribution in [2.75, 3.05) is 39.9 Å². The first-order valence-corrected chi connectivity index (χ1v) is 12.2. The molecule has 0 aromatic rings. The second-order valence-corrected chi connectivity index (χ2v) is 7.73. The number of unbranched alkanes of at least 4 members (excludes halogenated alkanes) is 11. The van der Waals surface area contributed by atoms with Crippen LogP contribution in [0.15, 0.2) is 0 Å². The molecule has 0 bridgehead atoms. The Morgan fingerprint density at radius 3 is 1.75 bits per heavy atom. The van der Waals surface area contributed by atoms with E-state index in [1.165, 1.54) is 96.4 Å². The number of carbonyl (C=O) groups is 1. The maximum atomic E-state index is 10.9. The number of nitrogens with zero attached hydrogens (tertiary/aromatic N) is 1. The molecule has 170 valence electrons. The zero-order valence-corrected chi connectivity index (χ0v) is 19.8. The van der Waals surface area contributed by atoms with E-state index in [2.05, 4.69) is 26.1 Å². The largest absolute Gasteiger partial charge is 0.385 e. The van der Waals surface area contributed by atoms with Crippen molar-refractivity contribution in [1.82, 2.24) is 10.2 Å². The zero-order valence-electron chi connectivity index (χ0n) is 19.8. The Hall–Kier alpha value is -0.610. The minimum atomic E-state index is 0.918. The van der Waals surface area contributed by atoms with Gasteiger partial charge in [0.05, 0.1) is 0 Å². The number of nitrogens with one attached hydrogen (secondary N) is 1. The average molecular weight is 401 g/mol. The van der Waals surface area contributed by atoms with Gasteiger partial charge in [-0.15, -0.1) is 0 Å². The summed E-state index contributed by atoms with van der Waals surface area (Å²) < 4.78 is 4.95. The third-order valence-electron chi connectivity index (χ3n) is 4.95. The summed E-state index contributed by atoms with van der Waals surface area (Å²) in [4.78, 5) is 12.8. The summed E-state index contributed by atoms with van der Waals surface area (Å²) in [5.74, 6) is 0. The van der Waals surface area contributed by atoms with E-state index in [1.807, 2.05) is 4.90 Å². The van der Waals surface area contributed by atoms with E-state index in [-0.39, 0.29) is 0 Å². The van der Waals surface area contributed by atoms with Gasteiger partial charge in [-0.1, -0.05) is 85.0 Å². The molecule has 1 amide bonds. The summed E-state index contributed by atoms with van der Waals surface area (Å²) >= 11 is 0. The smallest absolute Gasteiger partial charge is 0.209 e. The van der Waals surface area contributed by atoms with Gasteiger partial charge < -0.3 is 15.0 Å². The Kier molecular flexibility index (Phi) is 30.2. The molecule has 0 unspecified atom stereocenters. The molecule has 0 heterocycles. The topological polar surface area (TPSA) is 41.6 Å². The molecule has 0 spiro atoms. The maximum Gasteiger partial charge on any atom is 0.209 e. The second-order valence-electron chi connectivity index (χ2n) is 7.73. The number of ether oxygens (including phenoxy) is 1. The zero-order chi connectivity index (χ0) is 21.1. The number of hydrogen-bond donors (Lipinski definition) is 1. The van der Waals surface area contributed by atoms with Crippen LogP contribution in [0.5, 0.6) is 0 Å². The van der Waals surface area contributed by atoms with E-state index in [1.54, 1.807) is 7.11 Å². The first kappa shape index (κ1) is 29.6. The van der Waals surface area contributed by atoms with Crippen LogP contribution in [-0.4, -0.2) is 51.2 Å². The third kappa shape index (κ3) is 27.6. The van der Waals surface area contributed by atoms with Crippen molar-refractivity contribution in [1.29, 1.82) is 0 Å². The highest BCUT2D eigenvalue weighted by atomic mass is 16.5. The summed E-state index contributed by atoms with van der Waals surface area (Å²) in [5.41, 5.74) is 0. The Morgan fingerprint density at radius 1 is 0.714 bits per heavy atom. The molecule has 0 fully saturated rings. The fraction of sp³-hybridized carbons (Fsp3) is 0.958. The van der Waals surface area contributed by atoms with Crippen molar-refractivity contribution in [2.45, 2.75) is 111 Å². The molecular weight excluding hydrogens is 348 g/mol. The molecule has 0 aliphatic heterocycles. The molecule has 4 heteroatoms. The van der Waals surface area contributed by atoms with Crippen molar-refractivity contribution >= 4 is 6.41 Å². The molecule has 0 aromatic carbocycles. The molecule has 0 atom stereocenters. The van der Waals surface area contributed by atoms with Crippen molar-refractivity contribution in [2.24, 2.45) is 0 Å². The van der Waals surface area contributed by atoms with Crippen LogP contribution in [0.1, 0.15) is 111 Å². The Labute approximate surface area is 177 Å². The summed E-state index contributed by atoms with van der Waals surface area (Å²) in [6.07, 6.45) is 19.0. The van der Waals surface area contributed by atoms with E-state index < -0.39 is 0 Å². The molecular formula is C24H52N2O2. The molecule has 0 saturated heterocycles. The number of rotatable bonds is 21. The van der Waals surface area contributed by atoms with Gasteiger partial charge in [0.1, 0.15) is 0 Å². The summed E-state index contributed by atoms with van der Waals surface area (Å²) in [7, 11) is 1.76. The van der Waals surface area contributed by atoms with Gasteiger partial charge in [0.2, 0.25) is 6.41 Å². The minimum Gasteiger partial charge on any atom is -0.385 e. The van der Waals surface area contributed by atoms with Crippen molar-refractivity contribution in [3.63, 3.8) is 0 Å². The van der Waals surface area contributed by atoms with E-state index in [0.29, 0.717) is 0 Å². The van der Waals surface area contributed by atoms with Crippen LogP contribution in [0.2, 0.25) is 0 Å². The van der Waals surface area contributed by atoms with Gasteiger partial charge >= 0.3 is 0 Å². The van der Waals surface area contributed by atoms with Crippen LogP contribution in [0.3, 0.4) is 0 Å². The normalized spacial score (nSPS) is 10.4. The first-order chi connectivity index (χ1) is 13.8. The van der Waals surface area contributed by atoms with Crippen LogP contribution in [-0.2, 0) is 9.53 Å². The lowest BCUT2D eigenvalue weighted by atomic mass is 10.1. The number of hydrogen-bond acceptors (Lipinski definition) is 3. The van der Waals surface area contributed by atoms with Gasteiger partial charge in [-0.2, -0.15) is 0 Å². The molecule has 0 saturated carbocycles. The highest BCUT2D eigenvalue weighted by molar-refractivity contribution is 5.46. The highest BCUT2D eigenvalue weighted by Gasteiger charge is 2.00. The minimum absolute atomic E-state index is 0.918. The summed E-state index contributed by atoms with van der Waals surface area (Å²) in [6.45, 7) is 11.7. The maximum absolute atomic E-state index is 10.9. The predicted octanol–water partition coefficient (Wildman–Crippen LogP) is 6.19. The molecule has 1 N–H and O–H groups in total. The molecule has 0 radical (unpaired) electrons. The fourth-order valence-corrected chi connectivity index (χ4v) is 3.08. The van der Waals surface area contributed by atoms with Crippen molar-refractivity contribution < 1.29 is 9.53 Å². The highest BCUT2D eigenvalue weighted by Crippen LogP contribution is 2.06. The predicted molar refractivity (Wildman–Crippen MR) is 124 cm³/mol. The monoisotopic (exact) mass is 400 g/mol. The quantitative estimate of drug-likeness (QED) is 0.184. The molecule has 0 aromatic heterocycles. The second kappa shape index (κ2) is 28.6. The molecule has 0 aliphatic rings. The molecule has 0 rings (SSSR count). The Bertz CT molecular complexity index is 267. The van der Waals surface area contributed by atoms with Crippen LogP contribution in [0.25, 0.3) is 0 Å². The van der Waals surface area contributed by atoms with Crippen LogP contribution < -0.4 is 5.32 Å². The number of carbonyl (C=O) groups excluding carboxylic acids is 1. The van der Waals surface area contributed by atoms with Crippen LogP contribution >= 0.6 is 0 Å². The Morgan fingerprint density at radius 2 is 1.21 bits per heavy atom. The van der Waals surface area contributed by atoms with E-state index in [9.17, 15) is 4.79 Å². The van der Waals surface area contributed by atoms with E-state index in [4.69, 9.17) is 4.74 Å². The first-order valence-electron chi connectivity index (χ1n) is 12.2. The van der Waals surface area contributed by atoms with Crippen molar-refractivity contribution in [3.8, 4) is 0 Å². The fourth-order valence-electron chi connectivity index (χ4n) is 3.08.